The van der Waals surface area contributed by atoms with Gasteiger partial charge in [0, 0.05) is 43.2 Å². The van der Waals surface area contributed by atoms with Crippen LogP contribution in [0.5, 0.6) is 11.5 Å². The Morgan fingerprint density at radius 2 is 1.78 bits per heavy atom. The Morgan fingerprint density at radius 1 is 1.00 bits per heavy atom. The van der Waals surface area contributed by atoms with Crippen molar-refractivity contribution in [1.82, 2.24) is 10.3 Å². The first kappa shape index (κ1) is 22.7. The van der Waals surface area contributed by atoms with E-state index >= 15 is 0 Å². The number of nitrogens with zero attached hydrogens (tertiary/aromatic N) is 1. The van der Waals surface area contributed by atoms with E-state index in [0.717, 1.165) is 17.7 Å². The van der Waals surface area contributed by atoms with Crippen molar-refractivity contribution in [1.29, 1.82) is 0 Å². The molecule has 2 amide bonds. The molecule has 0 radical (unpaired) electrons. The van der Waals surface area contributed by atoms with Crippen LogP contribution in [-0.4, -0.2) is 30.5 Å². The summed E-state index contributed by atoms with van der Waals surface area (Å²) in [5.74, 6) is -1.89. The number of anilines is 1. The number of pyridine rings is 1. The maximum absolute atomic E-state index is 13.6. The summed E-state index contributed by atoms with van der Waals surface area (Å²) in [7, 11) is 1.51. The molecular weight excluding hydrogens is 420 g/mol. The largest absolute Gasteiger partial charge is 0.493 e. The number of rotatable bonds is 9. The molecule has 0 aliphatic carbocycles. The van der Waals surface area contributed by atoms with E-state index in [4.69, 9.17) is 9.47 Å². The SMILES string of the molecule is COc1ccc(NC(=O)CCNC(=O)c2ccc(F)cc2F)cc1OCc1ccncc1. The summed E-state index contributed by atoms with van der Waals surface area (Å²) in [6.07, 6.45) is 3.28. The minimum Gasteiger partial charge on any atom is -0.493 e. The monoisotopic (exact) mass is 441 g/mol. The molecule has 166 valence electrons. The van der Waals surface area contributed by atoms with Crippen LogP contribution in [-0.2, 0) is 11.4 Å². The predicted molar refractivity (Wildman–Crippen MR) is 114 cm³/mol. The molecule has 0 saturated heterocycles. The van der Waals surface area contributed by atoms with Gasteiger partial charge in [0.2, 0.25) is 5.91 Å². The highest BCUT2D eigenvalue weighted by Gasteiger charge is 2.13. The van der Waals surface area contributed by atoms with Crippen molar-refractivity contribution < 1.29 is 27.8 Å². The van der Waals surface area contributed by atoms with Gasteiger partial charge < -0.3 is 20.1 Å². The van der Waals surface area contributed by atoms with Gasteiger partial charge in [-0.05, 0) is 42.0 Å². The minimum absolute atomic E-state index is 0.0248. The van der Waals surface area contributed by atoms with Crippen LogP contribution in [0.4, 0.5) is 14.5 Å². The molecule has 0 fully saturated rings. The van der Waals surface area contributed by atoms with Gasteiger partial charge in [0.1, 0.15) is 18.2 Å². The molecule has 9 heteroatoms. The molecule has 0 aliphatic rings. The van der Waals surface area contributed by atoms with E-state index in [1.165, 1.54) is 7.11 Å². The normalized spacial score (nSPS) is 10.3. The molecule has 0 spiro atoms. The molecule has 1 aromatic heterocycles. The number of methoxy groups -OCH3 is 1. The van der Waals surface area contributed by atoms with Crippen molar-refractivity contribution in [2.75, 3.05) is 19.0 Å². The van der Waals surface area contributed by atoms with Crippen LogP contribution >= 0.6 is 0 Å². The molecule has 2 aromatic carbocycles. The quantitative estimate of drug-likeness (QED) is 0.529. The number of carbonyl (C=O) groups is 2. The zero-order valence-electron chi connectivity index (χ0n) is 17.2. The highest BCUT2D eigenvalue weighted by Crippen LogP contribution is 2.31. The Balaban J connectivity index is 1.53. The minimum atomic E-state index is -0.968. The summed E-state index contributed by atoms with van der Waals surface area (Å²) in [5, 5.41) is 5.14. The third kappa shape index (κ3) is 6.24. The summed E-state index contributed by atoms with van der Waals surface area (Å²) in [4.78, 5) is 28.2. The second-order valence-corrected chi connectivity index (χ2v) is 6.69. The Hall–Kier alpha value is -4.01. The highest BCUT2D eigenvalue weighted by atomic mass is 19.1. The fourth-order valence-corrected chi connectivity index (χ4v) is 2.79. The van der Waals surface area contributed by atoms with E-state index in [1.807, 2.05) is 12.1 Å². The number of amides is 2. The Kier molecular flexibility index (Phi) is 7.69. The second-order valence-electron chi connectivity index (χ2n) is 6.69. The van der Waals surface area contributed by atoms with Crippen LogP contribution in [0, 0.1) is 11.6 Å². The Labute approximate surface area is 183 Å². The van der Waals surface area contributed by atoms with Crippen LogP contribution < -0.4 is 20.1 Å². The number of nitrogens with one attached hydrogen (secondary N) is 2. The van der Waals surface area contributed by atoms with Crippen LogP contribution in [0.25, 0.3) is 0 Å². The number of halogens is 2. The summed E-state index contributed by atoms with van der Waals surface area (Å²) in [6.45, 7) is 0.269. The molecule has 0 saturated carbocycles. The van der Waals surface area contributed by atoms with Crippen LogP contribution in [0.15, 0.2) is 60.9 Å². The smallest absolute Gasteiger partial charge is 0.254 e. The Bertz CT molecular complexity index is 1090. The number of carbonyl (C=O) groups excluding carboxylic acids is 2. The number of aromatic nitrogens is 1. The molecular formula is C23H21F2N3O4. The summed E-state index contributed by atoms with van der Waals surface area (Å²) in [6, 6.07) is 11.3. The molecule has 32 heavy (non-hydrogen) atoms. The molecule has 3 aromatic rings. The van der Waals surface area contributed by atoms with Gasteiger partial charge in [-0.2, -0.15) is 0 Å². The number of hydrogen-bond acceptors (Lipinski definition) is 5. The molecule has 0 bridgehead atoms. The molecule has 1 heterocycles. The fraction of sp³-hybridized carbons (Fsp3) is 0.174. The van der Waals surface area contributed by atoms with Gasteiger partial charge in [0.05, 0.1) is 12.7 Å². The average molecular weight is 441 g/mol. The van der Waals surface area contributed by atoms with Crippen molar-refractivity contribution >= 4 is 17.5 Å². The van der Waals surface area contributed by atoms with Crippen LogP contribution in [0.3, 0.4) is 0 Å². The molecule has 3 rings (SSSR count). The van der Waals surface area contributed by atoms with E-state index in [9.17, 15) is 18.4 Å². The molecule has 0 atom stereocenters. The lowest BCUT2D eigenvalue weighted by Crippen LogP contribution is -2.28. The third-order valence-corrected chi connectivity index (χ3v) is 4.40. The summed E-state index contributed by atoms with van der Waals surface area (Å²) in [5.41, 5.74) is 1.11. The molecule has 0 aliphatic heterocycles. The van der Waals surface area contributed by atoms with Crippen molar-refractivity contribution in [3.8, 4) is 11.5 Å². The van der Waals surface area contributed by atoms with Crippen LogP contribution in [0.1, 0.15) is 22.3 Å². The van der Waals surface area contributed by atoms with E-state index in [0.29, 0.717) is 29.9 Å². The van der Waals surface area contributed by atoms with Crippen molar-refractivity contribution in [3.63, 3.8) is 0 Å². The van der Waals surface area contributed by atoms with Gasteiger partial charge in [-0.25, -0.2) is 8.78 Å². The first-order chi connectivity index (χ1) is 15.5. The van der Waals surface area contributed by atoms with Crippen molar-refractivity contribution in [3.05, 3.63) is 83.7 Å². The standard InChI is InChI=1S/C23H21F2N3O4/c1-31-20-5-3-17(13-21(20)32-14-15-6-9-26-10-7-15)28-22(29)8-11-27-23(30)18-4-2-16(24)12-19(18)25/h2-7,9-10,12-13H,8,11,14H2,1H3,(H,27,30)(H,28,29). The van der Waals surface area contributed by atoms with Crippen molar-refractivity contribution in [2.45, 2.75) is 13.0 Å². The van der Waals surface area contributed by atoms with E-state index in [1.54, 1.807) is 30.6 Å². The van der Waals surface area contributed by atoms with Gasteiger partial charge in [0.15, 0.2) is 11.5 Å². The van der Waals surface area contributed by atoms with Crippen molar-refractivity contribution in [2.24, 2.45) is 0 Å². The maximum Gasteiger partial charge on any atom is 0.254 e. The summed E-state index contributed by atoms with van der Waals surface area (Å²) >= 11 is 0. The van der Waals surface area contributed by atoms with Gasteiger partial charge in [-0.15, -0.1) is 0 Å². The Morgan fingerprint density at radius 3 is 2.50 bits per heavy atom. The number of ether oxygens (including phenoxy) is 2. The van der Waals surface area contributed by atoms with Crippen LogP contribution in [0.2, 0.25) is 0 Å². The number of benzene rings is 2. The lowest BCUT2D eigenvalue weighted by atomic mass is 10.2. The third-order valence-electron chi connectivity index (χ3n) is 4.40. The molecule has 7 nitrogen and oxygen atoms in total. The molecule has 2 N–H and O–H groups in total. The van der Waals surface area contributed by atoms with E-state index < -0.39 is 17.5 Å². The highest BCUT2D eigenvalue weighted by molar-refractivity contribution is 5.95. The zero-order valence-corrected chi connectivity index (χ0v) is 17.2. The lowest BCUT2D eigenvalue weighted by molar-refractivity contribution is -0.116. The second kappa shape index (κ2) is 10.9. The predicted octanol–water partition coefficient (Wildman–Crippen LogP) is 3.71. The average Bonchev–Trinajstić information content (AvgIpc) is 2.78. The maximum atomic E-state index is 13.6. The fourth-order valence-electron chi connectivity index (χ4n) is 2.79. The summed E-state index contributed by atoms with van der Waals surface area (Å²) < 4.78 is 37.7. The lowest BCUT2D eigenvalue weighted by Gasteiger charge is -2.13. The topological polar surface area (TPSA) is 89.6 Å². The zero-order chi connectivity index (χ0) is 22.9. The van der Waals surface area contributed by atoms with E-state index in [2.05, 4.69) is 15.6 Å². The van der Waals surface area contributed by atoms with Gasteiger partial charge in [-0.3, -0.25) is 14.6 Å². The van der Waals surface area contributed by atoms with Gasteiger partial charge in [-0.1, -0.05) is 0 Å². The number of hydrogen-bond donors (Lipinski definition) is 2. The molecule has 0 unspecified atom stereocenters. The van der Waals surface area contributed by atoms with E-state index in [-0.39, 0.29) is 24.4 Å². The van der Waals surface area contributed by atoms with Gasteiger partial charge in [0.25, 0.3) is 5.91 Å². The first-order valence-electron chi connectivity index (χ1n) is 9.69. The first-order valence-corrected chi connectivity index (χ1v) is 9.69. The van der Waals surface area contributed by atoms with Gasteiger partial charge >= 0.3 is 0 Å².